The highest BCUT2D eigenvalue weighted by atomic mass is 16.1. The summed E-state index contributed by atoms with van der Waals surface area (Å²) in [7, 11) is 0. The van der Waals surface area contributed by atoms with Crippen LogP contribution >= 0.6 is 0 Å². The molecule has 41 valence electrons. The van der Waals surface area contributed by atoms with Crippen molar-refractivity contribution in [1.82, 2.24) is 10.2 Å². The molecule has 0 saturated carbocycles. The molecule has 0 bridgehead atoms. The van der Waals surface area contributed by atoms with E-state index in [0.717, 1.165) is 0 Å². The van der Waals surface area contributed by atoms with Crippen molar-refractivity contribution in [2.45, 2.75) is 0 Å². The van der Waals surface area contributed by atoms with Gasteiger partial charge in [0, 0.05) is 6.20 Å². The number of anilines is 1. The molecule has 0 aromatic carbocycles. The minimum absolute atomic E-state index is 0.144. The van der Waals surface area contributed by atoms with Gasteiger partial charge in [0.25, 0.3) is 6.29 Å². The van der Waals surface area contributed by atoms with Crippen LogP contribution in [0.1, 0.15) is 5.69 Å². The van der Waals surface area contributed by atoms with Gasteiger partial charge in [-0.15, -0.1) is 0 Å². The molecule has 4 heteroatoms. The topological polar surface area (TPSA) is 71.8 Å². The first-order valence-electron chi connectivity index (χ1n) is 2.02. The van der Waals surface area contributed by atoms with E-state index in [1.165, 1.54) is 6.20 Å². The molecule has 1 heterocycles. The van der Waals surface area contributed by atoms with Gasteiger partial charge in [0.2, 0.25) is 0 Å². The predicted octanol–water partition coefficient (Wildman–Crippen LogP) is -0.550. The molecule has 0 spiro atoms. The summed E-state index contributed by atoms with van der Waals surface area (Å²) in [5, 5.41) is 5.87. The van der Waals surface area contributed by atoms with Crippen LogP contribution in [0.15, 0.2) is 6.20 Å². The van der Waals surface area contributed by atoms with Crippen molar-refractivity contribution in [3.8, 4) is 0 Å². The number of nitrogens with zero attached hydrogens (tertiary/aromatic N) is 1. The zero-order valence-electron chi connectivity index (χ0n) is 4.01. The van der Waals surface area contributed by atoms with Gasteiger partial charge in [0.1, 0.15) is 0 Å². The molecule has 3 N–H and O–H groups in total. The molecule has 0 aliphatic carbocycles. The second kappa shape index (κ2) is 1.65. The van der Waals surface area contributed by atoms with Gasteiger partial charge < -0.3 is 5.73 Å². The molecule has 0 unspecified atom stereocenters. The minimum Gasteiger partial charge on any atom is -0.396 e. The Bertz CT molecular complexity index is 193. The van der Waals surface area contributed by atoms with Gasteiger partial charge in [-0.2, -0.15) is 5.10 Å². The smallest absolute Gasteiger partial charge is 0.257 e. The van der Waals surface area contributed by atoms with Gasteiger partial charge in [-0.1, -0.05) is 0 Å². The summed E-state index contributed by atoms with van der Waals surface area (Å²) in [5.41, 5.74) is 5.67. The molecule has 1 aromatic rings. The number of aromatic nitrogens is 2. The van der Waals surface area contributed by atoms with Crippen LogP contribution < -0.4 is 5.73 Å². The quantitative estimate of drug-likeness (QED) is 0.509. The first kappa shape index (κ1) is 4.83. The maximum absolute atomic E-state index is 9.80. The van der Waals surface area contributed by atoms with Crippen LogP contribution in [-0.2, 0) is 4.79 Å². The number of H-pyrrole nitrogens is 1. The Morgan fingerprint density at radius 2 is 2.62 bits per heavy atom. The van der Waals surface area contributed by atoms with E-state index in [1.807, 2.05) is 0 Å². The number of rotatable bonds is 1. The van der Waals surface area contributed by atoms with Crippen molar-refractivity contribution in [3.05, 3.63) is 11.9 Å². The van der Waals surface area contributed by atoms with E-state index in [9.17, 15) is 4.79 Å². The summed E-state index contributed by atoms with van der Waals surface area (Å²) in [6.45, 7) is 0. The monoisotopic (exact) mass is 110 g/mol. The average molecular weight is 110 g/mol. The molecule has 0 aliphatic rings. The van der Waals surface area contributed by atoms with Crippen LogP contribution in [0.4, 0.5) is 5.69 Å². The van der Waals surface area contributed by atoms with Crippen molar-refractivity contribution in [1.29, 1.82) is 0 Å². The number of nitrogens with one attached hydrogen (secondary N) is 1. The molecule has 1 radical (unpaired) electrons. The lowest BCUT2D eigenvalue weighted by atomic mass is 10.4. The van der Waals surface area contributed by atoms with Crippen molar-refractivity contribution >= 4 is 12.0 Å². The number of carbonyl (C=O) groups excluding carboxylic acids is 1. The lowest BCUT2D eigenvalue weighted by Crippen LogP contribution is -1.87. The highest BCUT2D eigenvalue weighted by Crippen LogP contribution is 1.99. The molecular formula is C4H4N3O. The number of hydrogen-bond donors (Lipinski definition) is 2. The first-order valence-corrected chi connectivity index (χ1v) is 2.02. The predicted molar refractivity (Wildman–Crippen MR) is 27.8 cm³/mol. The van der Waals surface area contributed by atoms with E-state index < -0.39 is 0 Å². The fraction of sp³-hybridized carbons (Fsp3) is 0. The second-order valence-electron chi connectivity index (χ2n) is 1.29. The van der Waals surface area contributed by atoms with Crippen molar-refractivity contribution in [2.24, 2.45) is 0 Å². The van der Waals surface area contributed by atoms with E-state index >= 15 is 0 Å². The van der Waals surface area contributed by atoms with Crippen LogP contribution in [0, 0.1) is 0 Å². The summed E-state index contributed by atoms with van der Waals surface area (Å²) in [4.78, 5) is 9.80. The summed E-state index contributed by atoms with van der Waals surface area (Å²) in [5.74, 6) is 0. The first-order chi connectivity index (χ1) is 3.84. The molecule has 8 heavy (non-hydrogen) atoms. The molecule has 4 nitrogen and oxygen atoms in total. The highest BCUT2D eigenvalue weighted by Gasteiger charge is 1.97. The number of hydrogen-bond acceptors (Lipinski definition) is 3. The van der Waals surface area contributed by atoms with Gasteiger partial charge in [-0.25, -0.2) is 0 Å². The lowest BCUT2D eigenvalue weighted by molar-refractivity contribution is 0.561. The summed E-state index contributed by atoms with van der Waals surface area (Å²) < 4.78 is 0. The highest BCUT2D eigenvalue weighted by molar-refractivity contribution is 5.80. The minimum atomic E-state index is 0.144. The zero-order chi connectivity index (χ0) is 5.98. The van der Waals surface area contributed by atoms with Gasteiger partial charge in [-0.05, 0) is 0 Å². The third-order valence-electron chi connectivity index (χ3n) is 0.767. The second-order valence-corrected chi connectivity index (χ2v) is 1.29. The van der Waals surface area contributed by atoms with Gasteiger partial charge >= 0.3 is 0 Å². The molecule has 0 fully saturated rings. The maximum atomic E-state index is 9.80. The SMILES string of the molecule is Nc1c[nH]nc1[C]=O. The Hall–Kier alpha value is -1.32. The molecular weight excluding hydrogens is 106 g/mol. The molecule has 0 amide bonds. The molecule has 0 aliphatic heterocycles. The lowest BCUT2D eigenvalue weighted by Gasteiger charge is -1.76. The molecule has 1 rings (SSSR count). The normalized spacial score (nSPS) is 9.00. The number of nitrogen functional groups attached to an aromatic ring is 1. The largest absolute Gasteiger partial charge is 0.396 e. The van der Waals surface area contributed by atoms with E-state index in [-0.39, 0.29) is 5.69 Å². The van der Waals surface area contributed by atoms with Crippen LogP contribution in [0.3, 0.4) is 0 Å². The fourth-order valence-electron chi connectivity index (χ4n) is 0.381. The van der Waals surface area contributed by atoms with Crippen LogP contribution in [0.25, 0.3) is 0 Å². The maximum Gasteiger partial charge on any atom is 0.257 e. The van der Waals surface area contributed by atoms with Gasteiger partial charge in [0.05, 0.1) is 5.69 Å². The number of aromatic amines is 1. The summed E-state index contributed by atoms with van der Waals surface area (Å²) in [6.07, 6.45) is 2.99. The van der Waals surface area contributed by atoms with Crippen molar-refractivity contribution < 1.29 is 4.79 Å². The van der Waals surface area contributed by atoms with Crippen LogP contribution in [0.5, 0.6) is 0 Å². The Labute approximate surface area is 45.7 Å². The van der Waals surface area contributed by atoms with E-state index in [1.54, 1.807) is 6.29 Å². The third-order valence-corrected chi connectivity index (χ3v) is 0.767. The standard InChI is InChI=1S/C4H4N3O/c5-3-1-6-7-4(3)2-8/h1H,5H2,(H,6,7). The Balaban J connectivity index is 3.09. The van der Waals surface area contributed by atoms with Crippen molar-refractivity contribution in [2.75, 3.05) is 5.73 Å². The van der Waals surface area contributed by atoms with E-state index in [2.05, 4.69) is 10.2 Å². The summed E-state index contributed by atoms with van der Waals surface area (Å²) >= 11 is 0. The van der Waals surface area contributed by atoms with E-state index in [0.29, 0.717) is 5.69 Å². The molecule has 1 aromatic heterocycles. The van der Waals surface area contributed by atoms with Crippen LogP contribution in [0.2, 0.25) is 0 Å². The Morgan fingerprint density at radius 1 is 1.88 bits per heavy atom. The third kappa shape index (κ3) is 0.556. The van der Waals surface area contributed by atoms with Crippen LogP contribution in [-0.4, -0.2) is 16.5 Å². The number of nitrogens with two attached hydrogens (primary N) is 1. The summed E-state index contributed by atoms with van der Waals surface area (Å²) in [6, 6.07) is 0. The Morgan fingerprint density at radius 3 is 2.88 bits per heavy atom. The molecule has 0 saturated heterocycles. The molecule has 0 atom stereocenters. The average Bonchev–Trinajstić information content (AvgIpc) is 2.14. The van der Waals surface area contributed by atoms with Gasteiger partial charge in [-0.3, -0.25) is 9.89 Å². The van der Waals surface area contributed by atoms with E-state index in [4.69, 9.17) is 5.73 Å². The fourth-order valence-corrected chi connectivity index (χ4v) is 0.381. The Kier molecular flexibility index (Phi) is 0.997. The zero-order valence-corrected chi connectivity index (χ0v) is 4.01. The van der Waals surface area contributed by atoms with Crippen molar-refractivity contribution in [3.63, 3.8) is 0 Å². The van der Waals surface area contributed by atoms with Gasteiger partial charge in [0.15, 0.2) is 5.69 Å².